The molecule has 0 aromatic heterocycles. The fraction of sp³-hybridized carbons (Fsp3) is 0.261. The Bertz CT molecular complexity index is 1030. The number of thiocarbonyl (C=S) groups is 1. The van der Waals surface area contributed by atoms with Crippen LogP contribution in [0.5, 0.6) is 0 Å². The fourth-order valence-electron chi connectivity index (χ4n) is 4.55. The number of nitrogens with zero attached hydrogens (tertiary/aromatic N) is 2. The number of hydrogen-bond donors (Lipinski definition) is 1. The molecule has 6 heteroatoms. The number of aryl methyl sites for hydroxylation is 2. The molecule has 2 aromatic carbocycles. The van der Waals surface area contributed by atoms with E-state index in [0.29, 0.717) is 5.69 Å². The highest BCUT2D eigenvalue weighted by atomic mass is 32.1. The molecule has 0 atom stereocenters. The number of anilines is 2. The maximum absolute atomic E-state index is 13.2. The van der Waals surface area contributed by atoms with Crippen LogP contribution >= 0.6 is 12.2 Å². The molecule has 3 heterocycles. The molecule has 0 unspecified atom stereocenters. The van der Waals surface area contributed by atoms with Gasteiger partial charge in [0.1, 0.15) is 5.57 Å². The molecule has 1 saturated heterocycles. The minimum absolute atomic E-state index is 0.109. The summed E-state index contributed by atoms with van der Waals surface area (Å²) in [6.07, 6.45) is 6.07. The summed E-state index contributed by atoms with van der Waals surface area (Å²) in [6, 6.07) is 13.4. The molecular formula is C23H21N3O2S. The molecule has 2 aromatic rings. The van der Waals surface area contributed by atoms with Crippen molar-refractivity contribution in [2.75, 3.05) is 22.9 Å². The number of para-hydroxylation sites is 1. The first kappa shape index (κ1) is 18.1. The smallest absolute Gasteiger partial charge is 0.270 e. The summed E-state index contributed by atoms with van der Waals surface area (Å²) in [5.74, 6) is -0.835. The zero-order valence-electron chi connectivity index (χ0n) is 16.0. The molecule has 2 amide bonds. The van der Waals surface area contributed by atoms with E-state index in [1.807, 2.05) is 18.2 Å². The van der Waals surface area contributed by atoms with Crippen LogP contribution in [0.15, 0.2) is 48.0 Å². The lowest BCUT2D eigenvalue weighted by molar-refractivity contribution is -0.122. The molecule has 0 aliphatic carbocycles. The molecule has 146 valence electrons. The lowest BCUT2D eigenvalue weighted by Crippen LogP contribution is -2.54. The van der Waals surface area contributed by atoms with Crippen molar-refractivity contribution in [1.82, 2.24) is 5.32 Å². The van der Waals surface area contributed by atoms with E-state index < -0.39 is 11.8 Å². The van der Waals surface area contributed by atoms with Gasteiger partial charge in [0.2, 0.25) is 0 Å². The van der Waals surface area contributed by atoms with E-state index in [0.717, 1.165) is 44.3 Å². The number of hydrogen-bond acceptors (Lipinski definition) is 4. The van der Waals surface area contributed by atoms with Crippen LogP contribution in [0, 0.1) is 0 Å². The Hall–Kier alpha value is -2.99. The van der Waals surface area contributed by atoms with Gasteiger partial charge >= 0.3 is 0 Å². The molecule has 5 nitrogen and oxygen atoms in total. The summed E-state index contributed by atoms with van der Waals surface area (Å²) in [5, 5.41) is 2.77. The molecule has 0 spiro atoms. The van der Waals surface area contributed by atoms with Crippen molar-refractivity contribution in [1.29, 1.82) is 0 Å². The first-order chi connectivity index (χ1) is 14.1. The molecule has 1 fully saturated rings. The van der Waals surface area contributed by atoms with Crippen LogP contribution in [0.1, 0.15) is 29.5 Å². The summed E-state index contributed by atoms with van der Waals surface area (Å²) in [4.78, 5) is 29.6. The van der Waals surface area contributed by atoms with Gasteiger partial charge in [0.05, 0.1) is 5.69 Å². The SMILES string of the molecule is O=C1NC(=S)N(c2ccccc2)C(=O)/C1=C\c1cc2c3c(c1)CCCN3CCC2. The minimum atomic E-state index is -0.444. The van der Waals surface area contributed by atoms with E-state index in [1.165, 1.54) is 21.7 Å². The topological polar surface area (TPSA) is 52.7 Å². The fourth-order valence-corrected chi connectivity index (χ4v) is 4.83. The van der Waals surface area contributed by atoms with Crippen LogP contribution in [0.25, 0.3) is 6.08 Å². The van der Waals surface area contributed by atoms with Crippen molar-refractivity contribution < 1.29 is 9.59 Å². The van der Waals surface area contributed by atoms with Gasteiger partial charge in [0.15, 0.2) is 5.11 Å². The Morgan fingerprint density at radius 1 is 0.966 bits per heavy atom. The Balaban J connectivity index is 1.55. The monoisotopic (exact) mass is 403 g/mol. The third kappa shape index (κ3) is 3.13. The maximum Gasteiger partial charge on any atom is 0.270 e. The molecule has 1 N–H and O–H groups in total. The highest BCUT2D eigenvalue weighted by molar-refractivity contribution is 7.80. The van der Waals surface area contributed by atoms with E-state index >= 15 is 0 Å². The minimum Gasteiger partial charge on any atom is -0.371 e. The van der Waals surface area contributed by atoms with Crippen LogP contribution < -0.4 is 15.1 Å². The highest BCUT2D eigenvalue weighted by Crippen LogP contribution is 2.36. The average molecular weight is 404 g/mol. The molecule has 0 radical (unpaired) electrons. The Morgan fingerprint density at radius 2 is 1.62 bits per heavy atom. The summed E-state index contributed by atoms with van der Waals surface area (Å²) < 4.78 is 0. The maximum atomic E-state index is 13.2. The lowest BCUT2D eigenvalue weighted by atomic mass is 9.89. The quantitative estimate of drug-likeness (QED) is 0.475. The van der Waals surface area contributed by atoms with Gasteiger partial charge < -0.3 is 4.90 Å². The zero-order chi connectivity index (χ0) is 20.0. The first-order valence-corrected chi connectivity index (χ1v) is 10.4. The number of carbonyl (C=O) groups is 2. The third-order valence-corrected chi connectivity index (χ3v) is 6.07. The first-order valence-electron chi connectivity index (χ1n) is 9.99. The summed E-state index contributed by atoms with van der Waals surface area (Å²) in [5.41, 5.74) is 5.67. The molecule has 3 aliphatic rings. The largest absolute Gasteiger partial charge is 0.371 e. The van der Waals surface area contributed by atoms with Gasteiger partial charge in [-0.3, -0.25) is 19.8 Å². The lowest BCUT2D eigenvalue weighted by Gasteiger charge is -2.37. The van der Waals surface area contributed by atoms with Crippen molar-refractivity contribution in [2.45, 2.75) is 25.7 Å². The van der Waals surface area contributed by atoms with Gasteiger partial charge in [0.25, 0.3) is 11.8 Å². The summed E-state index contributed by atoms with van der Waals surface area (Å²) >= 11 is 5.26. The Kier molecular flexibility index (Phi) is 4.43. The summed E-state index contributed by atoms with van der Waals surface area (Å²) in [6.45, 7) is 2.23. The number of amides is 2. The second-order valence-electron chi connectivity index (χ2n) is 7.68. The van der Waals surface area contributed by atoms with Crippen molar-refractivity contribution >= 4 is 46.6 Å². The Morgan fingerprint density at radius 3 is 2.28 bits per heavy atom. The van der Waals surface area contributed by atoms with Crippen LogP contribution in [0.2, 0.25) is 0 Å². The van der Waals surface area contributed by atoms with Crippen LogP contribution in [-0.4, -0.2) is 30.0 Å². The van der Waals surface area contributed by atoms with Crippen LogP contribution in [0.4, 0.5) is 11.4 Å². The average Bonchev–Trinajstić information content (AvgIpc) is 2.72. The Labute approximate surface area is 175 Å². The molecule has 0 bridgehead atoms. The molecule has 29 heavy (non-hydrogen) atoms. The normalized spacial score (nSPS) is 20.0. The van der Waals surface area contributed by atoms with Gasteiger partial charge in [-0.15, -0.1) is 0 Å². The van der Waals surface area contributed by atoms with E-state index in [4.69, 9.17) is 12.2 Å². The van der Waals surface area contributed by atoms with Gasteiger partial charge in [-0.1, -0.05) is 18.2 Å². The van der Waals surface area contributed by atoms with E-state index in [2.05, 4.69) is 22.3 Å². The van der Waals surface area contributed by atoms with Crippen LogP contribution in [-0.2, 0) is 22.4 Å². The number of rotatable bonds is 2. The summed E-state index contributed by atoms with van der Waals surface area (Å²) in [7, 11) is 0. The third-order valence-electron chi connectivity index (χ3n) is 5.78. The second kappa shape index (κ2) is 7.12. The number of nitrogens with one attached hydrogen (secondary N) is 1. The second-order valence-corrected chi connectivity index (χ2v) is 8.06. The molecule has 5 rings (SSSR count). The zero-order valence-corrected chi connectivity index (χ0v) is 16.8. The van der Waals surface area contributed by atoms with Gasteiger partial charge in [-0.2, -0.15) is 0 Å². The van der Waals surface area contributed by atoms with E-state index in [1.54, 1.807) is 18.2 Å². The highest BCUT2D eigenvalue weighted by Gasteiger charge is 2.34. The van der Waals surface area contributed by atoms with Crippen molar-refractivity contribution in [3.63, 3.8) is 0 Å². The predicted molar refractivity (Wildman–Crippen MR) is 118 cm³/mol. The van der Waals surface area contributed by atoms with Crippen molar-refractivity contribution in [3.8, 4) is 0 Å². The molecular weight excluding hydrogens is 382 g/mol. The van der Waals surface area contributed by atoms with Crippen molar-refractivity contribution in [3.05, 3.63) is 64.7 Å². The van der Waals surface area contributed by atoms with Crippen LogP contribution in [0.3, 0.4) is 0 Å². The number of benzene rings is 2. The standard InChI is InChI=1S/C23H21N3O2S/c27-21-19(22(28)26(23(29)24-21)18-8-2-1-3-9-18)14-15-12-16-6-4-10-25-11-5-7-17(13-15)20(16)25/h1-3,8-9,12-14H,4-7,10-11H2,(H,24,27,29)/b19-14-. The predicted octanol–water partition coefficient (Wildman–Crippen LogP) is 3.22. The van der Waals surface area contributed by atoms with Gasteiger partial charge in [-0.25, -0.2) is 0 Å². The molecule has 3 aliphatic heterocycles. The van der Waals surface area contributed by atoms with Gasteiger partial charge in [0, 0.05) is 18.8 Å². The van der Waals surface area contributed by atoms with E-state index in [-0.39, 0.29) is 10.7 Å². The van der Waals surface area contributed by atoms with Gasteiger partial charge in [-0.05, 0) is 84.9 Å². The number of carbonyl (C=O) groups excluding carboxylic acids is 2. The molecule has 0 saturated carbocycles. The van der Waals surface area contributed by atoms with E-state index in [9.17, 15) is 9.59 Å². The van der Waals surface area contributed by atoms with Crippen molar-refractivity contribution in [2.24, 2.45) is 0 Å².